The molecule has 0 fully saturated rings. The van der Waals surface area contributed by atoms with Crippen molar-refractivity contribution in [3.63, 3.8) is 0 Å². The van der Waals surface area contributed by atoms with E-state index in [1.54, 1.807) is 12.1 Å². The van der Waals surface area contributed by atoms with Crippen molar-refractivity contribution in [2.45, 2.75) is 12.8 Å². The molecule has 3 aromatic rings. The van der Waals surface area contributed by atoms with Crippen molar-refractivity contribution in [2.24, 2.45) is 7.05 Å². The molecule has 0 aliphatic rings. The Kier molecular flexibility index (Phi) is 5.04. The van der Waals surface area contributed by atoms with Gasteiger partial charge >= 0.3 is 5.69 Å². The van der Waals surface area contributed by atoms with Crippen LogP contribution in [-0.2, 0) is 18.3 Å². The second kappa shape index (κ2) is 7.25. The van der Waals surface area contributed by atoms with Crippen molar-refractivity contribution in [1.82, 2.24) is 30.4 Å². The molecule has 0 saturated heterocycles. The van der Waals surface area contributed by atoms with Gasteiger partial charge in [-0.25, -0.2) is 9.78 Å². The van der Waals surface area contributed by atoms with E-state index < -0.39 is 23.1 Å². The number of fused-ring (bicyclic) bond motifs is 1. The first-order chi connectivity index (χ1) is 12.3. The quantitative estimate of drug-likeness (QED) is 0.427. The number of hydrazine groups is 1. The summed E-state index contributed by atoms with van der Waals surface area (Å²) in [6, 6.07) is 3.37. The fourth-order valence-electron chi connectivity index (χ4n) is 2.19. The van der Waals surface area contributed by atoms with E-state index in [2.05, 4.69) is 41.7 Å². The number of hydrogen-bond donors (Lipinski definition) is 4. The Hall–Kier alpha value is -2.73. The number of hydrogen-bond acceptors (Lipinski definition) is 6. The standard InChI is InChI=1S/C14H13BrN6O4S/c1-21-11-10(13(24)18-14(21)25)16-8(17-11)4-5-9(22)19-20-12(23)6-2-3-7(15)26-6/h2-3H,4-5H2,1H3,(H,16,17)(H,19,22)(H,20,23)(H,18,24,25). The minimum atomic E-state index is -0.569. The monoisotopic (exact) mass is 440 g/mol. The summed E-state index contributed by atoms with van der Waals surface area (Å²) >= 11 is 4.50. The summed E-state index contributed by atoms with van der Waals surface area (Å²) in [6.45, 7) is 0. The molecule has 0 radical (unpaired) electrons. The molecule has 0 bridgehead atoms. The highest BCUT2D eigenvalue weighted by molar-refractivity contribution is 9.11. The predicted molar refractivity (Wildman–Crippen MR) is 97.9 cm³/mol. The molecular formula is C14H13BrN6O4S. The summed E-state index contributed by atoms with van der Waals surface area (Å²) in [6.07, 6.45) is 0.231. The molecule has 0 atom stereocenters. The molecule has 12 heteroatoms. The number of H-pyrrole nitrogens is 2. The second-order valence-electron chi connectivity index (χ2n) is 5.31. The smallest absolute Gasteiger partial charge is 0.329 e. The van der Waals surface area contributed by atoms with Crippen LogP contribution in [0.1, 0.15) is 21.9 Å². The molecular weight excluding hydrogens is 428 g/mol. The molecule has 0 unspecified atom stereocenters. The van der Waals surface area contributed by atoms with Crippen molar-refractivity contribution in [3.05, 3.63) is 47.5 Å². The number of aromatic amines is 2. The summed E-state index contributed by atoms with van der Waals surface area (Å²) < 4.78 is 2.01. The third-order valence-corrected chi connectivity index (χ3v) is 5.13. The van der Waals surface area contributed by atoms with E-state index in [1.165, 1.54) is 23.0 Å². The average molecular weight is 441 g/mol. The number of imidazole rings is 1. The molecule has 10 nitrogen and oxygen atoms in total. The molecule has 4 N–H and O–H groups in total. The number of thiophene rings is 1. The van der Waals surface area contributed by atoms with Gasteiger partial charge in [0.2, 0.25) is 5.91 Å². The van der Waals surface area contributed by atoms with Gasteiger partial charge < -0.3 is 4.98 Å². The maximum atomic E-state index is 11.9. The Bertz CT molecular complexity index is 1110. The molecule has 0 saturated carbocycles. The van der Waals surface area contributed by atoms with Gasteiger partial charge in [0.25, 0.3) is 11.5 Å². The second-order valence-corrected chi connectivity index (χ2v) is 7.77. The molecule has 26 heavy (non-hydrogen) atoms. The number of amides is 2. The van der Waals surface area contributed by atoms with Gasteiger partial charge in [0, 0.05) is 19.9 Å². The van der Waals surface area contributed by atoms with Crippen LogP contribution in [0.3, 0.4) is 0 Å². The molecule has 3 rings (SSSR count). The molecule has 136 valence electrons. The van der Waals surface area contributed by atoms with Gasteiger partial charge in [-0.15, -0.1) is 11.3 Å². The van der Waals surface area contributed by atoms with Gasteiger partial charge in [0.05, 0.1) is 8.66 Å². The highest BCUT2D eigenvalue weighted by Gasteiger charge is 2.13. The predicted octanol–water partition coefficient (Wildman–Crippen LogP) is 0.168. The lowest BCUT2D eigenvalue weighted by atomic mass is 10.3. The third-order valence-electron chi connectivity index (χ3n) is 3.50. The Balaban J connectivity index is 1.59. The van der Waals surface area contributed by atoms with Gasteiger partial charge in [0.1, 0.15) is 11.3 Å². The van der Waals surface area contributed by atoms with Crippen LogP contribution in [0.5, 0.6) is 0 Å². The number of nitrogens with zero attached hydrogens (tertiary/aromatic N) is 2. The van der Waals surface area contributed by atoms with Crippen LogP contribution in [0.4, 0.5) is 0 Å². The van der Waals surface area contributed by atoms with Gasteiger partial charge in [-0.05, 0) is 28.1 Å². The van der Waals surface area contributed by atoms with E-state index >= 15 is 0 Å². The lowest BCUT2D eigenvalue weighted by molar-refractivity contribution is -0.121. The minimum Gasteiger partial charge on any atom is -0.336 e. The summed E-state index contributed by atoms with van der Waals surface area (Å²) in [4.78, 5) is 56.6. The average Bonchev–Trinajstić information content (AvgIpc) is 3.22. The molecule has 0 spiro atoms. The number of halogens is 1. The maximum absolute atomic E-state index is 11.9. The molecule has 0 aliphatic carbocycles. The van der Waals surface area contributed by atoms with E-state index in [0.29, 0.717) is 10.7 Å². The van der Waals surface area contributed by atoms with Crippen LogP contribution in [0, 0.1) is 0 Å². The first kappa shape index (κ1) is 18.1. The Morgan fingerprint density at radius 3 is 2.73 bits per heavy atom. The summed E-state index contributed by atoms with van der Waals surface area (Å²) in [7, 11) is 1.48. The number of aryl methyl sites for hydroxylation is 2. The fraction of sp³-hybridized carbons (Fsp3) is 0.214. The van der Waals surface area contributed by atoms with Crippen LogP contribution in [0.15, 0.2) is 25.5 Å². The van der Waals surface area contributed by atoms with Crippen LogP contribution in [-0.4, -0.2) is 31.3 Å². The van der Waals surface area contributed by atoms with E-state index in [-0.39, 0.29) is 24.0 Å². The van der Waals surface area contributed by atoms with E-state index in [9.17, 15) is 19.2 Å². The number of rotatable bonds is 4. The zero-order valence-electron chi connectivity index (χ0n) is 13.4. The lowest BCUT2D eigenvalue weighted by Crippen LogP contribution is -2.41. The van der Waals surface area contributed by atoms with Crippen LogP contribution in [0.25, 0.3) is 11.2 Å². The van der Waals surface area contributed by atoms with Crippen LogP contribution >= 0.6 is 27.3 Å². The highest BCUT2D eigenvalue weighted by Crippen LogP contribution is 2.21. The van der Waals surface area contributed by atoms with E-state index in [4.69, 9.17) is 0 Å². The topological polar surface area (TPSA) is 142 Å². The number of nitrogens with one attached hydrogen (secondary N) is 4. The van der Waals surface area contributed by atoms with Crippen LogP contribution < -0.4 is 22.1 Å². The first-order valence-corrected chi connectivity index (χ1v) is 8.98. The van der Waals surface area contributed by atoms with Crippen molar-refractivity contribution in [2.75, 3.05) is 0 Å². The van der Waals surface area contributed by atoms with Gasteiger partial charge in [0.15, 0.2) is 5.65 Å². The lowest BCUT2D eigenvalue weighted by Gasteiger charge is -2.05. The Labute approximate surface area is 157 Å². The van der Waals surface area contributed by atoms with Crippen molar-refractivity contribution >= 4 is 50.2 Å². The van der Waals surface area contributed by atoms with Crippen LogP contribution in [0.2, 0.25) is 0 Å². The number of carbonyl (C=O) groups excluding carboxylic acids is 2. The SMILES string of the molecule is Cn1c(=O)[nH]c(=O)c2[nH]c(CCC(=O)NNC(=O)c3ccc(Br)s3)nc21. The van der Waals surface area contributed by atoms with Crippen molar-refractivity contribution in [3.8, 4) is 0 Å². The number of aromatic nitrogens is 4. The molecule has 2 amide bonds. The molecule has 3 aromatic heterocycles. The van der Waals surface area contributed by atoms with Gasteiger partial charge in [-0.3, -0.25) is 34.8 Å². The zero-order valence-corrected chi connectivity index (χ0v) is 15.8. The first-order valence-electron chi connectivity index (χ1n) is 7.37. The highest BCUT2D eigenvalue weighted by atomic mass is 79.9. The largest absolute Gasteiger partial charge is 0.336 e. The maximum Gasteiger partial charge on any atom is 0.329 e. The summed E-state index contributed by atoms with van der Waals surface area (Å²) in [5.74, 6) is -0.452. The minimum absolute atomic E-state index is 0.0279. The molecule has 3 heterocycles. The zero-order chi connectivity index (χ0) is 18.8. The van der Waals surface area contributed by atoms with Gasteiger partial charge in [-0.1, -0.05) is 0 Å². The Morgan fingerprint density at radius 1 is 1.27 bits per heavy atom. The van der Waals surface area contributed by atoms with Crippen molar-refractivity contribution in [1.29, 1.82) is 0 Å². The van der Waals surface area contributed by atoms with E-state index in [0.717, 1.165) is 3.79 Å². The fourth-order valence-corrected chi connectivity index (χ4v) is 3.47. The van der Waals surface area contributed by atoms with E-state index in [1.807, 2.05) is 0 Å². The summed E-state index contributed by atoms with van der Waals surface area (Å²) in [5.41, 5.74) is 3.88. The Morgan fingerprint density at radius 2 is 2.04 bits per heavy atom. The van der Waals surface area contributed by atoms with Crippen molar-refractivity contribution < 1.29 is 9.59 Å². The summed E-state index contributed by atoms with van der Waals surface area (Å²) in [5, 5.41) is 0. The molecule has 0 aliphatic heterocycles. The number of carbonyl (C=O) groups is 2. The van der Waals surface area contributed by atoms with Gasteiger partial charge in [-0.2, -0.15) is 0 Å². The molecule has 0 aromatic carbocycles. The third kappa shape index (κ3) is 3.75. The normalized spacial score (nSPS) is 10.8.